The first-order valence-corrected chi connectivity index (χ1v) is 3.95. The van der Waals surface area contributed by atoms with Crippen molar-refractivity contribution in [3.05, 3.63) is 30.1 Å². The van der Waals surface area contributed by atoms with Crippen molar-refractivity contribution in [2.45, 2.75) is 6.04 Å². The zero-order valence-corrected chi connectivity index (χ0v) is 7.65. The monoisotopic (exact) mass is 180 g/mol. The van der Waals surface area contributed by atoms with E-state index in [1.165, 1.54) is 7.11 Å². The third-order valence-electron chi connectivity index (χ3n) is 1.71. The Hall–Kier alpha value is -1.42. The first kappa shape index (κ1) is 9.67. The van der Waals surface area contributed by atoms with Crippen LogP contribution in [0.3, 0.4) is 0 Å². The minimum absolute atomic E-state index is 0.332. The molecular weight excluding hydrogens is 168 g/mol. The van der Waals surface area contributed by atoms with Gasteiger partial charge in [0, 0.05) is 6.20 Å². The summed E-state index contributed by atoms with van der Waals surface area (Å²) in [6, 6.07) is 4.92. The number of nitrogens with zero attached hydrogens (tertiary/aromatic N) is 1. The molecule has 1 rings (SSSR count). The van der Waals surface area contributed by atoms with Gasteiger partial charge >= 0.3 is 5.97 Å². The molecule has 0 saturated carbocycles. The highest BCUT2D eigenvalue weighted by Gasteiger charge is 2.19. The molecule has 0 aliphatic carbocycles. The summed E-state index contributed by atoms with van der Waals surface area (Å²) in [4.78, 5) is 15.3. The van der Waals surface area contributed by atoms with Gasteiger partial charge in [-0.15, -0.1) is 0 Å². The normalized spacial score (nSPS) is 12.2. The van der Waals surface area contributed by atoms with E-state index in [-0.39, 0.29) is 5.97 Å². The van der Waals surface area contributed by atoms with E-state index in [9.17, 15) is 4.79 Å². The number of pyridine rings is 1. The van der Waals surface area contributed by atoms with Crippen molar-refractivity contribution in [2.24, 2.45) is 0 Å². The summed E-state index contributed by atoms with van der Waals surface area (Å²) in [7, 11) is 3.05. The van der Waals surface area contributed by atoms with Crippen LogP contribution in [0.1, 0.15) is 11.7 Å². The number of rotatable bonds is 3. The highest BCUT2D eigenvalue weighted by molar-refractivity contribution is 5.76. The van der Waals surface area contributed by atoms with Crippen LogP contribution in [0.5, 0.6) is 0 Å². The molecular formula is C9H12N2O2. The molecule has 1 atom stereocenters. The van der Waals surface area contributed by atoms with Gasteiger partial charge in [-0.3, -0.25) is 4.98 Å². The quantitative estimate of drug-likeness (QED) is 0.689. The Morgan fingerprint density at radius 3 is 2.85 bits per heavy atom. The first-order chi connectivity index (χ1) is 6.29. The molecule has 0 radical (unpaired) electrons. The molecule has 0 aliphatic rings. The van der Waals surface area contributed by atoms with Gasteiger partial charge < -0.3 is 10.1 Å². The van der Waals surface area contributed by atoms with E-state index in [2.05, 4.69) is 15.0 Å². The minimum atomic E-state index is -0.480. The van der Waals surface area contributed by atoms with E-state index >= 15 is 0 Å². The highest BCUT2D eigenvalue weighted by Crippen LogP contribution is 2.09. The number of esters is 1. The van der Waals surface area contributed by atoms with Gasteiger partial charge in [-0.25, -0.2) is 4.79 Å². The van der Waals surface area contributed by atoms with Crippen molar-refractivity contribution in [1.29, 1.82) is 0 Å². The zero-order valence-electron chi connectivity index (χ0n) is 7.65. The largest absolute Gasteiger partial charge is 0.468 e. The number of ether oxygens (including phenoxy) is 1. The predicted molar refractivity (Wildman–Crippen MR) is 48.1 cm³/mol. The summed E-state index contributed by atoms with van der Waals surface area (Å²) in [5, 5.41) is 2.83. The lowest BCUT2D eigenvalue weighted by Gasteiger charge is -2.12. The number of aromatic nitrogens is 1. The topological polar surface area (TPSA) is 51.2 Å². The van der Waals surface area contributed by atoms with Crippen LogP contribution in [0.2, 0.25) is 0 Å². The van der Waals surface area contributed by atoms with E-state index < -0.39 is 6.04 Å². The van der Waals surface area contributed by atoms with Crippen molar-refractivity contribution in [3.8, 4) is 0 Å². The molecule has 1 heterocycles. The lowest BCUT2D eigenvalue weighted by atomic mass is 10.2. The molecule has 0 saturated heterocycles. The van der Waals surface area contributed by atoms with E-state index in [0.717, 1.165) is 0 Å². The predicted octanol–water partition coefficient (Wildman–Crippen LogP) is 0.515. The number of nitrogens with one attached hydrogen (secondary N) is 1. The fourth-order valence-corrected chi connectivity index (χ4v) is 1.05. The Morgan fingerprint density at radius 1 is 1.62 bits per heavy atom. The summed E-state index contributed by atoms with van der Waals surface area (Å²) < 4.78 is 4.62. The maximum atomic E-state index is 11.2. The zero-order chi connectivity index (χ0) is 9.68. The van der Waals surface area contributed by atoms with Gasteiger partial charge in [0.1, 0.15) is 6.04 Å². The van der Waals surface area contributed by atoms with Crippen LogP contribution in [0.15, 0.2) is 24.4 Å². The Morgan fingerprint density at radius 2 is 2.38 bits per heavy atom. The lowest BCUT2D eigenvalue weighted by Crippen LogP contribution is -2.27. The van der Waals surface area contributed by atoms with E-state index in [1.54, 1.807) is 25.4 Å². The molecule has 1 aromatic rings. The summed E-state index contributed by atoms with van der Waals surface area (Å²) in [6.07, 6.45) is 1.64. The van der Waals surface area contributed by atoms with Gasteiger partial charge in [0.2, 0.25) is 0 Å². The van der Waals surface area contributed by atoms with Gasteiger partial charge in [0.05, 0.1) is 12.8 Å². The van der Waals surface area contributed by atoms with Crippen LogP contribution < -0.4 is 5.32 Å². The smallest absolute Gasteiger partial charge is 0.329 e. The number of hydrogen-bond donors (Lipinski definition) is 1. The van der Waals surface area contributed by atoms with Crippen LogP contribution in [0.25, 0.3) is 0 Å². The SMILES string of the molecule is CNC(C(=O)OC)c1ccccn1. The Labute approximate surface area is 76.9 Å². The van der Waals surface area contributed by atoms with E-state index in [1.807, 2.05) is 6.07 Å². The average Bonchev–Trinajstić information content (AvgIpc) is 2.20. The van der Waals surface area contributed by atoms with Gasteiger partial charge in [0.25, 0.3) is 0 Å². The molecule has 1 aromatic heterocycles. The number of likely N-dealkylation sites (N-methyl/N-ethyl adjacent to an activating group) is 1. The average molecular weight is 180 g/mol. The third-order valence-corrected chi connectivity index (χ3v) is 1.71. The maximum absolute atomic E-state index is 11.2. The van der Waals surface area contributed by atoms with Gasteiger partial charge in [-0.2, -0.15) is 0 Å². The molecule has 4 nitrogen and oxygen atoms in total. The fraction of sp³-hybridized carbons (Fsp3) is 0.333. The van der Waals surface area contributed by atoms with E-state index in [4.69, 9.17) is 0 Å². The van der Waals surface area contributed by atoms with Crippen molar-refractivity contribution < 1.29 is 9.53 Å². The summed E-state index contributed by atoms with van der Waals surface area (Å²) >= 11 is 0. The van der Waals surface area contributed by atoms with Crippen molar-refractivity contribution in [3.63, 3.8) is 0 Å². The van der Waals surface area contributed by atoms with Crippen molar-refractivity contribution in [2.75, 3.05) is 14.2 Å². The van der Waals surface area contributed by atoms with Gasteiger partial charge in [-0.1, -0.05) is 6.07 Å². The summed E-state index contributed by atoms with van der Waals surface area (Å²) in [5.41, 5.74) is 0.664. The van der Waals surface area contributed by atoms with Crippen LogP contribution in [-0.4, -0.2) is 25.1 Å². The van der Waals surface area contributed by atoms with E-state index in [0.29, 0.717) is 5.69 Å². The van der Waals surface area contributed by atoms with Crippen LogP contribution in [0, 0.1) is 0 Å². The number of methoxy groups -OCH3 is 1. The Balaban J connectivity index is 2.85. The van der Waals surface area contributed by atoms with Crippen LogP contribution in [-0.2, 0) is 9.53 Å². The number of hydrogen-bond acceptors (Lipinski definition) is 4. The molecule has 0 bridgehead atoms. The second kappa shape index (κ2) is 4.57. The molecule has 0 fully saturated rings. The number of carbonyl (C=O) groups excluding carboxylic acids is 1. The van der Waals surface area contributed by atoms with Crippen molar-refractivity contribution >= 4 is 5.97 Å². The van der Waals surface area contributed by atoms with Crippen LogP contribution >= 0.6 is 0 Å². The summed E-state index contributed by atoms with van der Waals surface area (Å²) in [6.45, 7) is 0. The number of carbonyl (C=O) groups is 1. The first-order valence-electron chi connectivity index (χ1n) is 3.95. The Kier molecular flexibility index (Phi) is 3.40. The molecule has 0 spiro atoms. The minimum Gasteiger partial charge on any atom is -0.468 e. The fourth-order valence-electron chi connectivity index (χ4n) is 1.05. The van der Waals surface area contributed by atoms with Gasteiger partial charge in [0.15, 0.2) is 0 Å². The van der Waals surface area contributed by atoms with Gasteiger partial charge in [-0.05, 0) is 19.2 Å². The molecule has 0 amide bonds. The van der Waals surface area contributed by atoms with Crippen LogP contribution in [0.4, 0.5) is 0 Å². The lowest BCUT2D eigenvalue weighted by molar-refractivity contribution is -0.143. The molecule has 4 heteroatoms. The standard InChI is InChI=1S/C9H12N2O2/c1-10-8(9(12)13-2)7-5-3-4-6-11-7/h3-6,8,10H,1-2H3. The maximum Gasteiger partial charge on any atom is 0.329 e. The molecule has 0 aromatic carbocycles. The molecule has 13 heavy (non-hydrogen) atoms. The highest BCUT2D eigenvalue weighted by atomic mass is 16.5. The molecule has 0 aliphatic heterocycles. The molecule has 1 N–H and O–H groups in total. The third kappa shape index (κ3) is 2.26. The second-order valence-corrected chi connectivity index (χ2v) is 2.50. The van der Waals surface area contributed by atoms with Crippen molar-refractivity contribution in [1.82, 2.24) is 10.3 Å². The molecule has 70 valence electrons. The second-order valence-electron chi connectivity index (χ2n) is 2.50. The molecule has 1 unspecified atom stereocenters. The summed E-state index contributed by atoms with van der Waals surface area (Å²) in [5.74, 6) is -0.332. The Bertz CT molecular complexity index is 274.